The molecule has 1 aliphatic heterocycles. The topological polar surface area (TPSA) is 37.4 Å². The molecule has 1 N–H and O–H groups in total. The summed E-state index contributed by atoms with van der Waals surface area (Å²) in [5.41, 5.74) is 8.42. The molecule has 31 heavy (non-hydrogen) atoms. The minimum absolute atomic E-state index is 0.771. The Hall–Kier alpha value is -2.89. The lowest BCUT2D eigenvalue weighted by atomic mass is 10.1. The normalized spacial score (nSPS) is 14.2. The van der Waals surface area contributed by atoms with Crippen LogP contribution in [0, 0.1) is 13.8 Å². The first-order chi connectivity index (χ1) is 15.2. The molecule has 0 atom stereocenters. The SMILES string of the molecule is Cc1ccc(CNc2cc3nc(-c4ccc(C)cc4)sc3cc2N2CCOCC2)cc1. The molecular weight excluding hydrogens is 402 g/mol. The van der Waals surface area contributed by atoms with Gasteiger partial charge in [-0.2, -0.15) is 0 Å². The highest BCUT2D eigenvalue weighted by Crippen LogP contribution is 2.37. The van der Waals surface area contributed by atoms with Crippen molar-refractivity contribution >= 4 is 32.9 Å². The number of thiazole rings is 1. The van der Waals surface area contributed by atoms with E-state index in [1.54, 1.807) is 11.3 Å². The summed E-state index contributed by atoms with van der Waals surface area (Å²) in [6, 6.07) is 21.8. The maximum atomic E-state index is 5.59. The number of nitrogens with zero attached hydrogens (tertiary/aromatic N) is 2. The third-order valence-corrected chi connectivity index (χ3v) is 6.83. The van der Waals surface area contributed by atoms with Crippen LogP contribution in [0.3, 0.4) is 0 Å². The van der Waals surface area contributed by atoms with Crippen LogP contribution in [0.1, 0.15) is 16.7 Å². The highest BCUT2D eigenvalue weighted by molar-refractivity contribution is 7.21. The van der Waals surface area contributed by atoms with Gasteiger partial charge in [0, 0.05) is 25.2 Å². The molecule has 1 aromatic heterocycles. The van der Waals surface area contributed by atoms with Gasteiger partial charge in [-0.05, 0) is 31.5 Å². The minimum atomic E-state index is 0.771. The van der Waals surface area contributed by atoms with Gasteiger partial charge in [0.1, 0.15) is 5.01 Å². The van der Waals surface area contributed by atoms with Crippen molar-refractivity contribution in [2.45, 2.75) is 20.4 Å². The van der Waals surface area contributed by atoms with Crippen LogP contribution in [0.4, 0.5) is 11.4 Å². The number of anilines is 2. The third-order valence-electron chi connectivity index (χ3n) is 5.76. The third kappa shape index (κ3) is 4.43. The zero-order valence-corrected chi connectivity index (χ0v) is 18.8. The Morgan fingerprint density at radius 3 is 2.32 bits per heavy atom. The lowest BCUT2D eigenvalue weighted by Gasteiger charge is -2.30. The molecule has 0 spiro atoms. The number of aromatic nitrogens is 1. The average Bonchev–Trinajstić information content (AvgIpc) is 3.22. The number of hydrogen-bond acceptors (Lipinski definition) is 5. The molecule has 0 bridgehead atoms. The molecule has 158 valence electrons. The largest absolute Gasteiger partial charge is 0.379 e. The molecule has 0 aliphatic carbocycles. The Morgan fingerprint density at radius 2 is 1.61 bits per heavy atom. The van der Waals surface area contributed by atoms with Gasteiger partial charge in [0.05, 0.1) is 34.8 Å². The summed E-state index contributed by atoms with van der Waals surface area (Å²) >= 11 is 1.76. The maximum absolute atomic E-state index is 5.59. The first-order valence-electron chi connectivity index (χ1n) is 10.8. The van der Waals surface area contributed by atoms with Gasteiger partial charge in [-0.1, -0.05) is 59.7 Å². The molecule has 4 aromatic rings. The van der Waals surface area contributed by atoms with Gasteiger partial charge < -0.3 is 15.0 Å². The number of morpholine rings is 1. The fourth-order valence-electron chi connectivity index (χ4n) is 3.89. The van der Waals surface area contributed by atoms with E-state index >= 15 is 0 Å². The second kappa shape index (κ2) is 8.69. The van der Waals surface area contributed by atoms with Crippen molar-refractivity contribution in [2.24, 2.45) is 0 Å². The fraction of sp³-hybridized carbons (Fsp3) is 0.269. The van der Waals surface area contributed by atoms with Crippen molar-refractivity contribution in [1.29, 1.82) is 0 Å². The zero-order chi connectivity index (χ0) is 21.2. The number of aryl methyl sites for hydroxylation is 2. The first-order valence-corrected chi connectivity index (χ1v) is 11.6. The van der Waals surface area contributed by atoms with E-state index in [1.807, 2.05) is 0 Å². The Labute approximate surface area is 187 Å². The Morgan fingerprint density at radius 1 is 0.935 bits per heavy atom. The first kappa shape index (κ1) is 20.0. The van der Waals surface area contributed by atoms with Crippen LogP contribution in [-0.4, -0.2) is 31.3 Å². The molecule has 3 aromatic carbocycles. The number of fused-ring (bicyclic) bond motifs is 1. The highest BCUT2D eigenvalue weighted by atomic mass is 32.1. The van der Waals surface area contributed by atoms with Gasteiger partial charge in [-0.3, -0.25) is 0 Å². The van der Waals surface area contributed by atoms with E-state index in [2.05, 4.69) is 84.7 Å². The summed E-state index contributed by atoms with van der Waals surface area (Å²) in [7, 11) is 0. The van der Waals surface area contributed by atoms with Gasteiger partial charge in [0.25, 0.3) is 0 Å². The van der Waals surface area contributed by atoms with Crippen LogP contribution in [0.2, 0.25) is 0 Å². The molecule has 0 amide bonds. The van der Waals surface area contributed by atoms with Crippen LogP contribution in [0.15, 0.2) is 60.7 Å². The quantitative estimate of drug-likeness (QED) is 0.420. The van der Waals surface area contributed by atoms with Crippen molar-refractivity contribution < 1.29 is 4.74 Å². The molecule has 0 unspecified atom stereocenters. The van der Waals surface area contributed by atoms with Crippen molar-refractivity contribution in [3.05, 3.63) is 77.4 Å². The van der Waals surface area contributed by atoms with Crippen LogP contribution in [0.25, 0.3) is 20.8 Å². The second-order valence-corrected chi connectivity index (χ2v) is 9.19. The molecule has 0 saturated carbocycles. The molecule has 0 radical (unpaired) electrons. The van der Waals surface area contributed by atoms with Crippen molar-refractivity contribution in [3.8, 4) is 10.6 Å². The summed E-state index contributed by atoms with van der Waals surface area (Å²) in [5, 5.41) is 4.75. The molecular formula is C26H27N3OS. The minimum Gasteiger partial charge on any atom is -0.379 e. The standard InChI is InChI=1S/C26H27N3OS/c1-18-3-7-20(8-4-18)17-27-22-15-23-25(16-24(22)29-11-13-30-14-12-29)31-26(28-23)21-9-5-19(2)6-10-21/h3-10,15-16,27H,11-14,17H2,1-2H3. The molecule has 1 aliphatic rings. The Kier molecular flexibility index (Phi) is 5.62. The maximum Gasteiger partial charge on any atom is 0.124 e. The highest BCUT2D eigenvalue weighted by Gasteiger charge is 2.18. The summed E-state index contributed by atoms with van der Waals surface area (Å²) in [4.78, 5) is 7.38. The van der Waals surface area contributed by atoms with Crippen LogP contribution in [0.5, 0.6) is 0 Å². The predicted molar refractivity (Wildman–Crippen MR) is 131 cm³/mol. The summed E-state index contributed by atoms with van der Waals surface area (Å²) in [5.74, 6) is 0. The van der Waals surface area contributed by atoms with Gasteiger partial charge in [-0.15, -0.1) is 11.3 Å². The number of ether oxygens (including phenoxy) is 1. The van der Waals surface area contributed by atoms with Crippen LogP contribution >= 0.6 is 11.3 Å². The van der Waals surface area contributed by atoms with E-state index < -0.39 is 0 Å². The lowest BCUT2D eigenvalue weighted by molar-refractivity contribution is 0.123. The molecule has 1 fully saturated rings. The Balaban J connectivity index is 1.50. The molecule has 4 nitrogen and oxygen atoms in total. The number of rotatable bonds is 5. The Bertz CT molecular complexity index is 1180. The molecule has 5 heteroatoms. The monoisotopic (exact) mass is 429 g/mol. The number of benzene rings is 3. The van der Waals surface area contributed by atoms with Gasteiger partial charge in [-0.25, -0.2) is 4.98 Å². The summed E-state index contributed by atoms with van der Waals surface area (Å²) in [6.07, 6.45) is 0. The number of nitrogens with one attached hydrogen (secondary N) is 1. The van der Waals surface area contributed by atoms with Gasteiger partial charge >= 0.3 is 0 Å². The molecule has 2 heterocycles. The summed E-state index contributed by atoms with van der Waals surface area (Å²) < 4.78 is 6.81. The summed E-state index contributed by atoms with van der Waals surface area (Å²) in [6.45, 7) is 8.39. The van der Waals surface area contributed by atoms with E-state index in [0.29, 0.717) is 0 Å². The van der Waals surface area contributed by atoms with Crippen LogP contribution in [-0.2, 0) is 11.3 Å². The van der Waals surface area contributed by atoms with Crippen molar-refractivity contribution in [2.75, 3.05) is 36.5 Å². The van der Waals surface area contributed by atoms with E-state index in [0.717, 1.165) is 49.1 Å². The van der Waals surface area contributed by atoms with Crippen molar-refractivity contribution in [1.82, 2.24) is 4.98 Å². The van der Waals surface area contributed by atoms with Crippen LogP contribution < -0.4 is 10.2 Å². The predicted octanol–water partition coefficient (Wildman–Crippen LogP) is 6.03. The molecule has 5 rings (SSSR count). The average molecular weight is 430 g/mol. The lowest BCUT2D eigenvalue weighted by Crippen LogP contribution is -2.36. The van der Waals surface area contributed by atoms with E-state index in [-0.39, 0.29) is 0 Å². The van der Waals surface area contributed by atoms with E-state index in [4.69, 9.17) is 9.72 Å². The smallest absolute Gasteiger partial charge is 0.124 e. The van der Waals surface area contributed by atoms with Gasteiger partial charge in [0.2, 0.25) is 0 Å². The van der Waals surface area contributed by atoms with E-state index in [9.17, 15) is 0 Å². The second-order valence-electron chi connectivity index (χ2n) is 8.16. The number of hydrogen-bond donors (Lipinski definition) is 1. The van der Waals surface area contributed by atoms with Crippen molar-refractivity contribution in [3.63, 3.8) is 0 Å². The fourth-order valence-corrected chi connectivity index (χ4v) is 4.88. The molecule has 1 saturated heterocycles. The zero-order valence-electron chi connectivity index (χ0n) is 18.0. The van der Waals surface area contributed by atoms with Gasteiger partial charge in [0.15, 0.2) is 0 Å². The van der Waals surface area contributed by atoms with E-state index in [1.165, 1.54) is 32.6 Å².